The van der Waals surface area contributed by atoms with E-state index in [-0.39, 0.29) is 24.2 Å². The van der Waals surface area contributed by atoms with E-state index in [1.54, 1.807) is 13.8 Å². The van der Waals surface area contributed by atoms with Crippen LogP contribution < -0.4 is 11.1 Å². The Hall–Kier alpha value is -2.33. The second-order valence-electron chi connectivity index (χ2n) is 6.12. The maximum Gasteiger partial charge on any atom is 0.211 e. The number of nitrogens with one attached hydrogen (secondary N) is 2. The quantitative estimate of drug-likeness (QED) is 0.396. The molecule has 0 aliphatic heterocycles. The fourth-order valence-electron chi connectivity index (χ4n) is 2.10. The Morgan fingerprint density at radius 1 is 1.30 bits per heavy atom. The molecule has 0 radical (unpaired) electrons. The second-order valence-corrected chi connectivity index (χ2v) is 8.11. The summed E-state index contributed by atoms with van der Waals surface area (Å²) >= 11 is 0. The van der Waals surface area contributed by atoms with Gasteiger partial charge in [-0.25, -0.2) is 17.2 Å². The Labute approximate surface area is 178 Å². The van der Waals surface area contributed by atoms with Crippen LogP contribution in [0.1, 0.15) is 58.2 Å². The van der Waals surface area contributed by atoms with E-state index in [2.05, 4.69) is 5.32 Å². The number of sulfonamides is 1. The zero-order chi connectivity index (χ0) is 23.9. The van der Waals surface area contributed by atoms with E-state index in [1.165, 1.54) is 19.3 Å². The van der Waals surface area contributed by atoms with Crippen molar-refractivity contribution in [2.45, 2.75) is 53.6 Å². The normalized spacial score (nSPS) is 12.1. The van der Waals surface area contributed by atoms with Crippen LogP contribution in [-0.4, -0.2) is 38.1 Å². The number of carbonyl (C=O) groups excluding carboxylic acids is 1. The summed E-state index contributed by atoms with van der Waals surface area (Å²) in [6, 6.07) is 1.28. The molecule has 1 aromatic carbocycles. The molecule has 0 saturated carbocycles. The zero-order valence-corrected chi connectivity index (χ0v) is 19.3. The van der Waals surface area contributed by atoms with Gasteiger partial charge in [-0.1, -0.05) is 20.8 Å². The number of rotatable bonds is 9. The second kappa shape index (κ2) is 15.5. The third-order valence-electron chi connectivity index (χ3n) is 3.73. The molecular formula is C20H34F2N4O3S. The topological polar surface area (TPSA) is 116 Å². The molecule has 7 nitrogen and oxygen atoms in total. The van der Waals surface area contributed by atoms with E-state index in [9.17, 15) is 22.0 Å². The molecule has 0 fully saturated rings. The predicted molar refractivity (Wildman–Crippen MR) is 118 cm³/mol. The Kier molecular flexibility index (Phi) is 15.4. The van der Waals surface area contributed by atoms with Gasteiger partial charge in [-0.15, -0.1) is 0 Å². The van der Waals surface area contributed by atoms with Crippen LogP contribution >= 0.6 is 0 Å². The molecule has 0 saturated heterocycles. The zero-order valence-electron chi connectivity index (χ0n) is 18.5. The SMILES string of the molecule is C/C(C=N)=C/N.CC.CCCN(Cc1cc(F)c(C(C)NC=O)cc1F)S(C)(=O)=O. The standard InChI is InChI=1S/C14H20F2N2O3S.C4H8N2.C2H6/c1-4-5-18(22(3,20)21)8-11-6-14(16)12(7-13(11)15)10(2)17-9-19;1-4(2-5)3-6;1-2/h6-7,9-10H,4-5,8H2,1-3H3,(H,17,19);2-3,5H,6H2,1H3;1-2H3/b;4-3-,5-2?;. The maximum atomic E-state index is 14.1. The maximum absolute atomic E-state index is 14.1. The van der Waals surface area contributed by atoms with Crippen molar-refractivity contribution >= 4 is 22.6 Å². The highest BCUT2D eigenvalue weighted by Crippen LogP contribution is 2.22. The molecule has 1 atom stereocenters. The van der Waals surface area contributed by atoms with E-state index >= 15 is 0 Å². The monoisotopic (exact) mass is 448 g/mol. The predicted octanol–water partition coefficient (Wildman–Crippen LogP) is 3.47. The minimum absolute atomic E-state index is 0.00903. The summed E-state index contributed by atoms with van der Waals surface area (Å²) in [6.07, 6.45) is 4.60. The number of benzene rings is 1. The van der Waals surface area contributed by atoms with Gasteiger partial charge in [0, 0.05) is 30.4 Å². The van der Waals surface area contributed by atoms with E-state index in [4.69, 9.17) is 11.1 Å². The molecule has 172 valence electrons. The van der Waals surface area contributed by atoms with Crippen LogP contribution in [0.5, 0.6) is 0 Å². The van der Waals surface area contributed by atoms with Crippen molar-refractivity contribution in [3.63, 3.8) is 0 Å². The van der Waals surface area contributed by atoms with Crippen molar-refractivity contribution in [3.8, 4) is 0 Å². The van der Waals surface area contributed by atoms with Crippen LogP contribution in [-0.2, 0) is 21.4 Å². The molecule has 0 aliphatic carbocycles. The minimum atomic E-state index is -3.50. The molecule has 1 aromatic rings. The first kappa shape index (κ1) is 29.9. The van der Waals surface area contributed by atoms with Crippen molar-refractivity contribution in [2.75, 3.05) is 12.8 Å². The summed E-state index contributed by atoms with van der Waals surface area (Å²) in [5.41, 5.74) is 5.72. The van der Waals surface area contributed by atoms with E-state index in [0.29, 0.717) is 12.8 Å². The molecule has 0 heterocycles. The number of nitrogens with two attached hydrogens (primary N) is 1. The van der Waals surface area contributed by atoms with Gasteiger partial charge in [0.2, 0.25) is 16.4 Å². The van der Waals surface area contributed by atoms with Crippen molar-refractivity contribution in [2.24, 2.45) is 5.73 Å². The fourth-order valence-corrected chi connectivity index (χ4v) is 2.99. The van der Waals surface area contributed by atoms with Gasteiger partial charge in [-0.3, -0.25) is 4.79 Å². The third-order valence-corrected chi connectivity index (χ3v) is 4.98. The van der Waals surface area contributed by atoms with Crippen LogP contribution in [0.2, 0.25) is 0 Å². The molecule has 1 rings (SSSR count). The molecule has 0 spiro atoms. The number of amides is 1. The number of carbonyl (C=O) groups is 1. The molecule has 1 amide bonds. The molecule has 4 N–H and O–H groups in total. The first-order valence-corrected chi connectivity index (χ1v) is 11.4. The van der Waals surface area contributed by atoms with Crippen LogP contribution in [0.3, 0.4) is 0 Å². The van der Waals surface area contributed by atoms with E-state index < -0.39 is 27.7 Å². The Balaban J connectivity index is 0. The van der Waals surface area contributed by atoms with Crippen LogP contribution in [0.4, 0.5) is 8.78 Å². The van der Waals surface area contributed by atoms with Gasteiger partial charge in [0.15, 0.2) is 0 Å². The third kappa shape index (κ3) is 11.0. The van der Waals surface area contributed by atoms with Crippen molar-refractivity contribution in [1.29, 1.82) is 5.41 Å². The largest absolute Gasteiger partial charge is 0.404 e. The molecule has 1 unspecified atom stereocenters. The molecule has 0 aliphatic rings. The lowest BCUT2D eigenvalue weighted by Gasteiger charge is -2.20. The summed E-state index contributed by atoms with van der Waals surface area (Å²) in [5.74, 6) is -1.40. The highest BCUT2D eigenvalue weighted by molar-refractivity contribution is 7.88. The van der Waals surface area contributed by atoms with E-state index in [1.807, 2.05) is 13.8 Å². The summed E-state index contributed by atoms with van der Waals surface area (Å²) < 4.78 is 52.5. The highest BCUT2D eigenvalue weighted by atomic mass is 32.2. The van der Waals surface area contributed by atoms with Gasteiger partial charge >= 0.3 is 0 Å². The lowest BCUT2D eigenvalue weighted by atomic mass is 10.0. The van der Waals surface area contributed by atoms with Gasteiger partial charge in [0.1, 0.15) is 11.6 Å². The highest BCUT2D eigenvalue weighted by Gasteiger charge is 2.20. The molecule has 0 bridgehead atoms. The Bertz CT molecular complexity index is 799. The fraction of sp³-hybridized carbons (Fsp3) is 0.500. The molecular weight excluding hydrogens is 414 g/mol. The average molecular weight is 449 g/mol. The number of hydrogen-bond donors (Lipinski definition) is 3. The lowest BCUT2D eigenvalue weighted by molar-refractivity contribution is -0.110. The van der Waals surface area contributed by atoms with Gasteiger partial charge in [0.25, 0.3) is 0 Å². The summed E-state index contributed by atoms with van der Waals surface area (Å²) in [5, 5.41) is 8.88. The lowest BCUT2D eigenvalue weighted by Crippen LogP contribution is -2.30. The molecule has 10 heteroatoms. The summed E-state index contributed by atoms with van der Waals surface area (Å²) in [7, 11) is -3.50. The first-order valence-electron chi connectivity index (χ1n) is 9.53. The van der Waals surface area contributed by atoms with Crippen LogP contribution in [0.15, 0.2) is 23.9 Å². The minimum Gasteiger partial charge on any atom is -0.404 e. The van der Waals surface area contributed by atoms with Gasteiger partial charge < -0.3 is 16.5 Å². The first-order chi connectivity index (χ1) is 14.0. The summed E-state index contributed by atoms with van der Waals surface area (Å²) in [4.78, 5) is 10.4. The smallest absolute Gasteiger partial charge is 0.211 e. The molecule has 0 aromatic heterocycles. The van der Waals surface area contributed by atoms with Crippen LogP contribution in [0.25, 0.3) is 0 Å². The molecule has 30 heavy (non-hydrogen) atoms. The number of nitrogens with zero attached hydrogens (tertiary/aromatic N) is 1. The van der Waals surface area contributed by atoms with Crippen molar-refractivity contribution in [3.05, 3.63) is 46.7 Å². The number of allylic oxidation sites excluding steroid dienone is 1. The van der Waals surface area contributed by atoms with Gasteiger partial charge in [-0.05, 0) is 44.2 Å². The number of halogens is 2. The Morgan fingerprint density at radius 3 is 2.23 bits per heavy atom. The van der Waals surface area contributed by atoms with Crippen LogP contribution in [0, 0.1) is 17.0 Å². The van der Waals surface area contributed by atoms with Gasteiger partial charge in [-0.2, -0.15) is 4.31 Å². The van der Waals surface area contributed by atoms with E-state index in [0.717, 1.165) is 28.3 Å². The average Bonchev–Trinajstić information content (AvgIpc) is 2.70. The Morgan fingerprint density at radius 2 is 1.87 bits per heavy atom. The summed E-state index contributed by atoms with van der Waals surface area (Å²) in [6.45, 7) is 9.08. The van der Waals surface area contributed by atoms with Gasteiger partial charge in [0.05, 0.1) is 12.3 Å². The van der Waals surface area contributed by atoms with Crippen molar-refractivity contribution < 1.29 is 22.0 Å². The van der Waals surface area contributed by atoms with Crippen molar-refractivity contribution in [1.82, 2.24) is 9.62 Å². The number of hydrogen-bond acceptors (Lipinski definition) is 5.